The van der Waals surface area contributed by atoms with Gasteiger partial charge < -0.3 is 14.5 Å². The van der Waals surface area contributed by atoms with Crippen LogP contribution in [0.4, 0.5) is 0 Å². The molecule has 9 heteroatoms. The third-order valence-corrected chi connectivity index (χ3v) is 4.04. The van der Waals surface area contributed by atoms with E-state index in [-0.39, 0.29) is 10.9 Å². The van der Waals surface area contributed by atoms with Gasteiger partial charge in [-0.1, -0.05) is 6.07 Å². The van der Waals surface area contributed by atoms with Crippen LogP contribution in [-0.4, -0.2) is 39.8 Å². The number of aryl methyl sites for hydroxylation is 1. The average molecular weight is 435 g/mol. The van der Waals surface area contributed by atoms with E-state index in [1.165, 1.54) is 6.20 Å². The van der Waals surface area contributed by atoms with Crippen LogP contribution in [0.15, 0.2) is 45.9 Å². The first-order chi connectivity index (χ1) is 12.9. The molecule has 8 nitrogen and oxygen atoms in total. The van der Waals surface area contributed by atoms with Crippen molar-refractivity contribution in [3.63, 3.8) is 0 Å². The normalized spacial score (nSPS) is 10.4. The van der Waals surface area contributed by atoms with Gasteiger partial charge in [0.2, 0.25) is 5.43 Å². The van der Waals surface area contributed by atoms with Crippen LogP contribution in [-0.2, 0) is 11.4 Å². The molecule has 0 bridgehead atoms. The second-order valence-electron chi connectivity index (χ2n) is 5.49. The number of carboxylic acids is 1. The molecule has 0 aliphatic carbocycles. The summed E-state index contributed by atoms with van der Waals surface area (Å²) >= 11 is 3.31. The van der Waals surface area contributed by atoms with Gasteiger partial charge in [-0.15, -0.1) is 0 Å². The van der Waals surface area contributed by atoms with Crippen molar-refractivity contribution in [1.29, 1.82) is 0 Å². The maximum absolute atomic E-state index is 12.3. The smallest absolute Gasteiger partial charge is 0.341 e. The van der Waals surface area contributed by atoms with Gasteiger partial charge >= 0.3 is 5.97 Å². The van der Waals surface area contributed by atoms with Crippen molar-refractivity contribution in [3.8, 4) is 0 Å². The Morgan fingerprint density at radius 2 is 2.00 bits per heavy atom. The number of carboxylic acid groups (broad SMARTS) is 1. The van der Waals surface area contributed by atoms with Crippen LogP contribution in [0.25, 0.3) is 11.0 Å². The number of halogens is 1. The van der Waals surface area contributed by atoms with Gasteiger partial charge in [-0.3, -0.25) is 4.79 Å². The van der Waals surface area contributed by atoms with Gasteiger partial charge in [-0.25, -0.2) is 20.2 Å². The van der Waals surface area contributed by atoms with E-state index in [2.05, 4.69) is 36.2 Å². The number of rotatable bonds is 4. The molecule has 0 aliphatic rings. The minimum Gasteiger partial charge on any atom is -0.477 e. The Bertz CT molecular complexity index is 1020. The summed E-state index contributed by atoms with van der Waals surface area (Å²) in [6, 6.07) is 8.77. The highest BCUT2D eigenvalue weighted by atomic mass is 79.9. The fourth-order valence-electron chi connectivity index (χ4n) is 2.35. The Labute approximate surface area is 163 Å². The highest BCUT2D eigenvalue weighted by molar-refractivity contribution is 9.10. The molecule has 0 spiro atoms. The number of aromatic carboxylic acids is 1. The summed E-state index contributed by atoms with van der Waals surface area (Å²) in [7, 11) is 3.28. The summed E-state index contributed by atoms with van der Waals surface area (Å²) in [5, 5.41) is 9.54. The van der Waals surface area contributed by atoms with E-state index in [1.807, 2.05) is 19.1 Å². The van der Waals surface area contributed by atoms with Crippen LogP contribution in [0.5, 0.6) is 0 Å². The zero-order valence-electron chi connectivity index (χ0n) is 15.1. The number of carbonyl (C=O) groups is 1. The maximum atomic E-state index is 12.3. The molecule has 27 heavy (non-hydrogen) atoms. The van der Waals surface area contributed by atoms with Crippen LogP contribution in [0.1, 0.15) is 21.7 Å². The maximum Gasteiger partial charge on any atom is 0.341 e. The summed E-state index contributed by atoms with van der Waals surface area (Å²) in [5.74, 6) is -1.26. The second kappa shape index (κ2) is 9.36. The molecule has 0 amide bonds. The first-order valence-electron chi connectivity index (χ1n) is 7.92. The zero-order valence-corrected chi connectivity index (χ0v) is 16.6. The summed E-state index contributed by atoms with van der Waals surface area (Å²) in [5.41, 5.74) is 3.54. The van der Waals surface area contributed by atoms with E-state index >= 15 is 0 Å². The van der Waals surface area contributed by atoms with Gasteiger partial charge in [0.15, 0.2) is 0 Å². The quantitative estimate of drug-likeness (QED) is 0.479. The molecular formula is C18H19BrN4O4. The predicted molar refractivity (Wildman–Crippen MR) is 105 cm³/mol. The van der Waals surface area contributed by atoms with Crippen molar-refractivity contribution in [1.82, 2.24) is 20.0 Å². The van der Waals surface area contributed by atoms with Crippen LogP contribution < -0.4 is 10.9 Å². The lowest BCUT2D eigenvalue weighted by molar-refractivity contribution is 0.0695. The van der Waals surface area contributed by atoms with Crippen molar-refractivity contribution < 1.29 is 14.7 Å². The van der Waals surface area contributed by atoms with E-state index in [0.29, 0.717) is 16.8 Å². The molecule has 0 aliphatic heterocycles. The average Bonchev–Trinajstić information content (AvgIpc) is 2.64. The lowest BCUT2D eigenvalue weighted by atomic mass is 10.1. The monoisotopic (exact) mass is 434 g/mol. The molecule has 0 aromatic carbocycles. The molecule has 0 unspecified atom stereocenters. The molecule has 142 valence electrons. The van der Waals surface area contributed by atoms with E-state index in [9.17, 15) is 14.7 Å². The van der Waals surface area contributed by atoms with Gasteiger partial charge in [0.25, 0.3) is 0 Å². The number of pyridine rings is 3. The minimum atomic E-state index is -1.26. The number of nitrogens with zero attached hydrogens (tertiary/aromatic N) is 3. The third-order valence-electron chi connectivity index (χ3n) is 3.60. The number of hydrogen-bond donors (Lipinski definition) is 2. The first-order valence-corrected chi connectivity index (χ1v) is 8.72. The zero-order chi connectivity index (χ0) is 20.0. The Morgan fingerprint density at radius 1 is 1.30 bits per heavy atom. The van der Waals surface area contributed by atoms with Crippen LogP contribution in [0, 0.1) is 6.92 Å². The standard InChI is InChI=1S/C16H12BrN3O3.C2H7NO/c1-9-5-6-11-14(21)12(16(22)23)8-20(15(11)18-9)7-10-3-2-4-13(17)19-10;1-3-4-2/h2-6,8H,7H2,1H3,(H,22,23);3H,1-2H3. The Balaban J connectivity index is 0.000000596. The lowest BCUT2D eigenvalue weighted by Gasteiger charge is -2.12. The number of hydrogen-bond acceptors (Lipinski definition) is 6. The molecule has 2 N–H and O–H groups in total. The molecule has 0 saturated carbocycles. The van der Waals surface area contributed by atoms with Crippen molar-refractivity contribution in [2.75, 3.05) is 14.2 Å². The molecule has 3 aromatic rings. The van der Waals surface area contributed by atoms with E-state index in [1.54, 1.807) is 36.9 Å². The summed E-state index contributed by atoms with van der Waals surface area (Å²) in [4.78, 5) is 36.6. The third kappa shape index (κ3) is 5.19. The molecule has 0 radical (unpaired) electrons. The summed E-state index contributed by atoms with van der Waals surface area (Å²) < 4.78 is 2.32. The molecule has 0 atom stereocenters. The SMILES string of the molecule is CNOC.Cc1ccc2c(=O)c(C(=O)O)cn(Cc3cccc(Br)n3)c2n1. The van der Waals surface area contributed by atoms with Crippen molar-refractivity contribution in [2.24, 2.45) is 0 Å². The van der Waals surface area contributed by atoms with Crippen LogP contribution in [0.2, 0.25) is 0 Å². The highest BCUT2D eigenvalue weighted by Gasteiger charge is 2.15. The van der Waals surface area contributed by atoms with E-state index in [0.717, 1.165) is 11.4 Å². The fourth-order valence-corrected chi connectivity index (χ4v) is 2.73. The number of aromatic nitrogens is 3. The molecule has 0 saturated heterocycles. The molecule has 0 fully saturated rings. The molecule has 3 heterocycles. The van der Waals surface area contributed by atoms with E-state index < -0.39 is 11.4 Å². The van der Waals surface area contributed by atoms with Crippen LogP contribution >= 0.6 is 15.9 Å². The Kier molecular flexibility index (Phi) is 7.17. The Morgan fingerprint density at radius 3 is 2.59 bits per heavy atom. The number of nitrogens with one attached hydrogen (secondary N) is 1. The summed E-state index contributed by atoms with van der Waals surface area (Å²) in [6.45, 7) is 2.13. The first kappa shape index (κ1) is 20.7. The number of hydroxylamine groups is 1. The largest absolute Gasteiger partial charge is 0.477 e. The van der Waals surface area contributed by atoms with Gasteiger partial charge in [0, 0.05) is 18.9 Å². The van der Waals surface area contributed by atoms with E-state index in [4.69, 9.17) is 0 Å². The topological polar surface area (TPSA) is 106 Å². The van der Waals surface area contributed by atoms with Gasteiger partial charge in [-0.05, 0) is 47.1 Å². The highest BCUT2D eigenvalue weighted by Crippen LogP contribution is 2.14. The molecule has 3 rings (SSSR count). The number of fused-ring (bicyclic) bond motifs is 1. The second-order valence-corrected chi connectivity index (χ2v) is 6.30. The van der Waals surface area contributed by atoms with Crippen LogP contribution in [0.3, 0.4) is 0 Å². The lowest BCUT2D eigenvalue weighted by Crippen LogP contribution is -2.20. The fraction of sp³-hybridized carbons (Fsp3) is 0.222. The summed E-state index contributed by atoms with van der Waals surface area (Å²) in [6.07, 6.45) is 1.32. The van der Waals surface area contributed by atoms with Crippen molar-refractivity contribution in [3.05, 3.63) is 68.3 Å². The predicted octanol–water partition coefficient (Wildman–Crippen LogP) is 2.38. The van der Waals surface area contributed by atoms with Gasteiger partial charge in [-0.2, -0.15) is 0 Å². The van der Waals surface area contributed by atoms with Gasteiger partial charge in [0.05, 0.1) is 24.7 Å². The Hall–Kier alpha value is -2.62. The molecular weight excluding hydrogens is 416 g/mol. The van der Waals surface area contributed by atoms with Crippen molar-refractivity contribution >= 4 is 32.9 Å². The molecule has 3 aromatic heterocycles. The van der Waals surface area contributed by atoms with Crippen molar-refractivity contribution in [2.45, 2.75) is 13.5 Å². The minimum absolute atomic E-state index is 0.279. The van der Waals surface area contributed by atoms with Gasteiger partial charge in [0.1, 0.15) is 15.8 Å².